The zero-order chi connectivity index (χ0) is 17.5. The van der Waals surface area contributed by atoms with Crippen molar-refractivity contribution in [1.29, 1.82) is 0 Å². The maximum absolute atomic E-state index is 12.3. The lowest BCUT2D eigenvalue weighted by atomic mass is 10.1. The van der Waals surface area contributed by atoms with Crippen LogP contribution in [-0.2, 0) is 32.2 Å². The maximum Gasteiger partial charge on any atom is 0.345 e. The van der Waals surface area contributed by atoms with Crippen LogP contribution in [0.1, 0.15) is 16.6 Å². The Balaban J connectivity index is 1.85. The Morgan fingerprint density at radius 1 is 1.42 bits per heavy atom. The highest BCUT2D eigenvalue weighted by Gasteiger charge is 2.46. The smallest absolute Gasteiger partial charge is 0.314 e. The van der Waals surface area contributed by atoms with Crippen molar-refractivity contribution in [1.82, 2.24) is 14.5 Å². The largest absolute Gasteiger partial charge is 0.345 e. The first-order valence-electron chi connectivity index (χ1n) is 7.20. The topological polar surface area (TPSA) is 98.2 Å². The molecule has 1 saturated heterocycles. The van der Waals surface area contributed by atoms with Crippen LogP contribution in [0.2, 0.25) is 0 Å². The lowest BCUT2D eigenvalue weighted by Crippen LogP contribution is -2.32. The SMILES string of the molecule is C=CCON1C(=O)N2Cc3c(sc(=O)n3CCOS(C)(=O)=O)C1C2. The molecule has 1 aromatic heterocycles. The van der Waals surface area contributed by atoms with E-state index in [1.165, 1.54) is 9.63 Å². The molecule has 0 saturated carbocycles. The molecule has 2 amide bonds. The van der Waals surface area contributed by atoms with Gasteiger partial charge in [0.2, 0.25) is 0 Å². The van der Waals surface area contributed by atoms with Crippen LogP contribution in [0.4, 0.5) is 4.79 Å². The number of aromatic nitrogens is 1. The van der Waals surface area contributed by atoms with Gasteiger partial charge in [-0.25, -0.2) is 4.79 Å². The van der Waals surface area contributed by atoms with E-state index in [2.05, 4.69) is 6.58 Å². The average Bonchev–Trinajstić information content (AvgIpc) is 2.94. The predicted molar refractivity (Wildman–Crippen MR) is 85.9 cm³/mol. The normalized spacial score (nSPS) is 19.7. The van der Waals surface area contributed by atoms with Crippen LogP contribution in [0, 0.1) is 0 Å². The molecule has 1 fully saturated rings. The van der Waals surface area contributed by atoms with Gasteiger partial charge in [0.05, 0.1) is 49.7 Å². The third-order valence-electron chi connectivity index (χ3n) is 3.75. The van der Waals surface area contributed by atoms with Crippen molar-refractivity contribution in [3.63, 3.8) is 0 Å². The van der Waals surface area contributed by atoms with E-state index in [1.54, 1.807) is 11.0 Å². The van der Waals surface area contributed by atoms with Crippen LogP contribution in [0.15, 0.2) is 17.4 Å². The third-order valence-corrected chi connectivity index (χ3v) is 5.47. The third kappa shape index (κ3) is 3.11. The van der Waals surface area contributed by atoms with Crippen molar-refractivity contribution in [3.8, 4) is 0 Å². The van der Waals surface area contributed by atoms with Gasteiger partial charge in [0, 0.05) is 0 Å². The summed E-state index contributed by atoms with van der Waals surface area (Å²) in [5, 5.41) is 1.28. The van der Waals surface area contributed by atoms with Crippen molar-refractivity contribution in [2.75, 3.05) is 26.0 Å². The Morgan fingerprint density at radius 3 is 2.83 bits per heavy atom. The first-order chi connectivity index (χ1) is 11.3. The number of hydrogen-bond acceptors (Lipinski definition) is 7. The first-order valence-corrected chi connectivity index (χ1v) is 9.84. The Morgan fingerprint density at radius 2 is 2.17 bits per heavy atom. The van der Waals surface area contributed by atoms with Gasteiger partial charge in [-0.15, -0.1) is 6.58 Å². The van der Waals surface area contributed by atoms with E-state index < -0.39 is 10.1 Å². The number of rotatable bonds is 7. The highest BCUT2D eigenvalue weighted by Crippen LogP contribution is 2.39. The van der Waals surface area contributed by atoms with Crippen molar-refractivity contribution >= 4 is 27.5 Å². The summed E-state index contributed by atoms with van der Waals surface area (Å²) in [5.74, 6) is 0. The van der Waals surface area contributed by atoms with Crippen LogP contribution in [0.3, 0.4) is 0 Å². The number of nitrogens with zero attached hydrogens (tertiary/aromatic N) is 3. The maximum atomic E-state index is 12.3. The molecule has 3 heterocycles. The number of carbonyl (C=O) groups is 1. The first kappa shape index (κ1) is 17.1. The summed E-state index contributed by atoms with van der Waals surface area (Å²) in [5.41, 5.74) is 0.705. The molecule has 3 rings (SSSR count). The van der Waals surface area contributed by atoms with Gasteiger partial charge < -0.3 is 4.90 Å². The molecule has 2 bridgehead atoms. The van der Waals surface area contributed by atoms with E-state index in [4.69, 9.17) is 9.02 Å². The lowest BCUT2D eigenvalue weighted by molar-refractivity contribution is -0.118. The van der Waals surface area contributed by atoms with Crippen LogP contribution in [0.25, 0.3) is 0 Å². The summed E-state index contributed by atoms with van der Waals surface area (Å²) in [7, 11) is -3.56. The number of urea groups is 1. The fourth-order valence-electron chi connectivity index (χ4n) is 2.80. The van der Waals surface area contributed by atoms with Gasteiger partial charge in [-0.1, -0.05) is 17.4 Å². The van der Waals surface area contributed by atoms with Crippen LogP contribution in [0.5, 0.6) is 0 Å². The number of hydrogen-bond donors (Lipinski definition) is 0. The molecular formula is C13H17N3O6S2. The second-order valence-electron chi connectivity index (χ2n) is 5.45. The molecule has 24 heavy (non-hydrogen) atoms. The number of fused-ring (bicyclic) bond motifs is 4. The Kier molecular flexibility index (Phi) is 4.51. The second kappa shape index (κ2) is 6.31. The standard InChI is InChI=1S/C13H17N3O6S2/c1-3-5-21-16-10-8-14(12(16)17)7-9-11(10)23-13(18)15(9)4-6-22-24(2,19)20/h3,10H,1,4-8H2,2H3. The lowest BCUT2D eigenvalue weighted by Gasteiger charge is -2.22. The summed E-state index contributed by atoms with van der Waals surface area (Å²) < 4.78 is 28.3. The van der Waals surface area contributed by atoms with Crippen molar-refractivity contribution in [2.24, 2.45) is 0 Å². The molecular weight excluding hydrogens is 358 g/mol. The molecule has 9 nitrogen and oxygen atoms in total. The van der Waals surface area contributed by atoms with E-state index in [1.807, 2.05) is 0 Å². The quantitative estimate of drug-likeness (QED) is 0.502. The molecule has 11 heteroatoms. The van der Waals surface area contributed by atoms with Gasteiger partial charge in [-0.2, -0.15) is 13.5 Å². The minimum absolute atomic E-state index is 0.111. The van der Waals surface area contributed by atoms with Gasteiger partial charge in [0.1, 0.15) is 6.04 Å². The second-order valence-corrected chi connectivity index (χ2v) is 8.08. The predicted octanol–water partition coefficient (Wildman–Crippen LogP) is 0.296. The van der Waals surface area contributed by atoms with Crippen molar-refractivity contribution in [2.45, 2.75) is 19.1 Å². The van der Waals surface area contributed by atoms with E-state index in [0.717, 1.165) is 22.5 Å². The van der Waals surface area contributed by atoms with E-state index in [9.17, 15) is 18.0 Å². The molecule has 0 aromatic carbocycles. The van der Waals surface area contributed by atoms with Gasteiger partial charge in [-0.05, 0) is 0 Å². The molecule has 0 spiro atoms. The molecule has 132 valence electrons. The summed E-state index contributed by atoms with van der Waals surface area (Å²) >= 11 is 1.05. The summed E-state index contributed by atoms with van der Waals surface area (Å²) in [6, 6.07) is -0.590. The highest BCUT2D eigenvalue weighted by atomic mass is 32.2. The molecule has 2 aliphatic heterocycles. The van der Waals surface area contributed by atoms with Crippen LogP contribution < -0.4 is 4.87 Å². The van der Waals surface area contributed by atoms with E-state index in [0.29, 0.717) is 12.2 Å². The number of hydroxylamine groups is 2. The van der Waals surface area contributed by atoms with E-state index >= 15 is 0 Å². The minimum atomic E-state index is -3.56. The van der Waals surface area contributed by atoms with E-state index in [-0.39, 0.29) is 43.2 Å². The Bertz CT molecular complexity index is 827. The van der Waals surface area contributed by atoms with Crippen LogP contribution >= 0.6 is 11.3 Å². The summed E-state index contributed by atoms with van der Waals surface area (Å²) in [6.07, 6.45) is 2.50. The van der Waals surface area contributed by atoms with Gasteiger partial charge in [0.25, 0.3) is 10.1 Å². The minimum Gasteiger partial charge on any atom is -0.314 e. The summed E-state index contributed by atoms with van der Waals surface area (Å²) in [6.45, 7) is 4.49. The molecule has 0 radical (unpaired) electrons. The van der Waals surface area contributed by atoms with Crippen molar-refractivity contribution < 1.29 is 22.2 Å². The molecule has 0 N–H and O–H groups in total. The molecule has 0 aliphatic carbocycles. The number of thiazole rings is 1. The average molecular weight is 375 g/mol. The highest BCUT2D eigenvalue weighted by molar-refractivity contribution is 7.85. The van der Waals surface area contributed by atoms with Gasteiger partial charge in [0.15, 0.2) is 0 Å². The van der Waals surface area contributed by atoms with Crippen LogP contribution in [-0.4, -0.2) is 55.0 Å². The Labute approximate surface area is 142 Å². The zero-order valence-electron chi connectivity index (χ0n) is 13.0. The Hall–Kier alpha value is -1.69. The van der Waals surface area contributed by atoms with Crippen molar-refractivity contribution in [3.05, 3.63) is 32.9 Å². The molecule has 1 aromatic rings. The molecule has 2 aliphatic rings. The molecule has 1 atom stereocenters. The zero-order valence-corrected chi connectivity index (χ0v) is 14.6. The molecule has 1 unspecified atom stereocenters. The van der Waals surface area contributed by atoms with Gasteiger partial charge in [-0.3, -0.25) is 18.4 Å². The number of carbonyl (C=O) groups excluding carboxylic acids is 1. The van der Waals surface area contributed by atoms with Gasteiger partial charge >= 0.3 is 10.9 Å². The number of amides is 2. The fourth-order valence-corrected chi connectivity index (χ4v) is 4.27. The summed E-state index contributed by atoms with van der Waals surface area (Å²) in [4.78, 5) is 32.1. The fraction of sp³-hybridized carbons (Fsp3) is 0.538. The monoisotopic (exact) mass is 375 g/mol.